The van der Waals surface area contributed by atoms with Gasteiger partial charge in [0.2, 0.25) is 0 Å². The van der Waals surface area contributed by atoms with Crippen molar-refractivity contribution >= 4 is 23.2 Å². The lowest BCUT2D eigenvalue weighted by Crippen LogP contribution is -2.27. The summed E-state index contributed by atoms with van der Waals surface area (Å²) < 4.78 is 15.9. The Balaban J connectivity index is 1.99. The Labute approximate surface area is 154 Å². The SMILES string of the molecule is CCN(CC)CCn1c(C)cc(C)c1/C=C1\C(=O)Nc2ccc(F)cc21. The Morgan fingerprint density at radius 1 is 1.19 bits per heavy atom. The molecule has 138 valence electrons. The van der Waals surface area contributed by atoms with Crippen molar-refractivity contribution in [3.8, 4) is 0 Å². The largest absolute Gasteiger partial charge is 0.344 e. The predicted molar refractivity (Wildman–Crippen MR) is 105 cm³/mol. The molecule has 5 heteroatoms. The fraction of sp³-hybridized carbons (Fsp3) is 0.381. The van der Waals surface area contributed by atoms with Crippen molar-refractivity contribution in [2.45, 2.75) is 34.2 Å². The second kappa shape index (κ2) is 7.46. The Morgan fingerprint density at radius 3 is 2.62 bits per heavy atom. The van der Waals surface area contributed by atoms with E-state index < -0.39 is 0 Å². The predicted octanol–water partition coefficient (Wildman–Crippen LogP) is 4.08. The van der Waals surface area contributed by atoms with E-state index in [0.717, 1.165) is 37.4 Å². The molecule has 0 fully saturated rings. The lowest BCUT2D eigenvalue weighted by atomic mass is 10.0. The van der Waals surface area contributed by atoms with Crippen molar-refractivity contribution in [3.63, 3.8) is 0 Å². The summed E-state index contributed by atoms with van der Waals surface area (Å²) in [4.78, 5) is 14.8. The molecule has 0 saturated carbocycles. The lowest BCUT2D eigenvalue weighted by molar-refractivity contribution is -0.110. The van der Waals surface area contributed by atoms with Crippen molar-refractivity contribution in [2.75, 3.05) is 25.0 Å². The molecule has 2 heterocycles. The van der Waals surface area contributed by atoms with Crippen LogP contribution in [0.25, 0.3) is 11.6 Å². The van der Waals surface area contributed by atoms with Crippen LogP contribution in [0.15, 0.2) is 24.3 Å². The summed E-state index contributed by atoms with van der Waals surface area (Å²) in [7, 11) is 0. The Morgan fingerprint density at radius 2 is 1.92 bits per heavy atom. The highest BCUT2D eigenvalue weighted by atomic mass is 19.1. The standard InChI is InChI=1S/C21H26FN3O/c1-5-24(6-2)9-10-25-15(4)11-14(3)20(25)13-18-17-12-16(22)7-8-19(17)23-21(18)26/h7-8,11-13H,5-6,9-10H2,1-4H3,(H,23,26)/b18-13-. The molecule has 1 aromatic heterocycles. The first-order valence-electron chi connectivity index (χ1n) is 9.16. The number of fused-ring (bicyclic) bond motifs is 1. The summed E-state index contributed by atoms with van der Waals surface area (Å²) in [5.74, 6) is -0.518. The van der Waals surface area contributed by atoms with Crippen molar-refractivity contribution in [1.29, 1.82) is 0 Å². The van der Waals surface area contributed by atoms with Crippen LogP contribution in [0, 0.1) is 19.7 Å². The number of aryl methyl sites for hydroxylation is 2. The van der Waals surface area contributed by atoms with Gasteiger partial charge in [-0.05, 0) is 62.8 Å². The average molecular weight is 355 g/mol. The van der Waals surface area contributed by atoms with Gasteiger partial charge in [0.1, 0.15) is 5.82 Å². The minimum absolute atomic E-state index is 0.181. The molecule has 0 spiro atoms. The molecule has 2 aromatic rings. The van der Waals surface area contributed by atoms with E-state index in [1.165, 1.54) is 17.8 Å². The van der Waals surface area contributed by atoms with Crippen LogP contribution in [0.3, 0.4) is 0 Å². The smallest absolute Gasteiger partial charge is 0.256 e. The maximum absolute atomic E-state index is 13.7. The van der Waals surface area contributed by atoms with Gasteiger partial charge in [-0.3, -0.25) is 4.79 Å². The monoisotopic (exact) mass is 355 g/mol. The number of nitrogens with one attached hydrogen (secondary N) is 1. The summed E-state index contributed by atoms with van der Waals surface area (Å²) in [6, 6.07) is 6.53. The third kappa shape index (κ3) is 3.44. The van der Waals surface area contributed by atoms with Crippen LogP contribution in [0.4, 0.5) is 10.1 Å². The summed E-state index contributed by atoms with van der Waals surface area (Å²) >= 11 is 0. The molecule has 0 unspecified atom stereocenters. The number of hydrogen-bond donors (Lipinski definition) is 1. The highest BCUT2D eigenvalue weighted by Gasteiger charge is 2.25. The van der Waals surface area contributed by atoms with Gasteiger partial charge in [-0.15, -0.1) is 0 Å². The molecule has 3 rings (SSSR count). The van der Waals surface area contributed by atoms with Crippen LogP contribution in [-0.4, -0.2) is 35.0 Å². The van der Waals surface area contributed by atoms with Gasteiger partial charge in [0.25, 0.3) is 5.91 Å². The number of likely N-dealkylation sites (N-methyl/N-ethyl adjacent to an activating group) is 1. The van der Waals surface area contributed by atoms with Gasteiger partial charge in [0.15, 0.2) is 0 Å². The van der Waals surface area contributed by atoms with Crippen LogP contribution in [0.1, 0.15) is 36.4 Å². The number of benzene rings is 1. The number of anilines is 1. The van der Waals surface area contributed by atoms with Gasteiger partial charge in [-0.1, -0.05) is 13.8 Å². The fourth-order valence-electron chi connectivity index (χ4n) is 3.58. The Kier molecular flexibility index (Phi) is 5.28. The van der Waals surface area contributed by atoms with Crippen molar-refractivity contribution in [3.05, 3.63) is 52.6 Å². The van der Waals surface area contributed by atoms with E-state index in [-0.39, 0.29) is 11.7 Å². The maximum Gasteiger partial charge on any atom is 0.256 e. The topological polar surface area (TPSA) is 37.3 Å². The molecular formula is C21H26FN3O. The van der Waals surface area contributed by atoms with Crippen molar-refractivity contribution in [1.82, 2.24) is 9.47 Å². The lowest BCUT2D eigenvalue weighted by Gasteiger charge is -2.20. The Hall–Kier alpha value is -2.40. The van der Waals surface area contributed by atoms with Gasteiger partial charge in [0.05, 0.1) is 5.57 Å². The van der Waals surface area contributed by atoms with Crippen molar-refractivity contribution in [2.24, 2.45) is 0 Å². The quantitative estimate of drug-likeness (QED) is 0.793. The van der Waals surface area contributed by atoms with E-state index in [2.05, 4.69) is 41.6 Å². The highest BCUT2D eigenvalue weighted by molar-refractivity contribution is 6.34. The number of amides is 1. The molecule has 4 nitrogen and oxygen atoms in total. The average Bonchev–Trinajstić information content (AvgIpc) is 3.06. The molecule has 0 atom stereocenters. The molecule has 1 N–H and O–H groups in total. The van der Waals surface area contributed by atoms with E-state index in [0.29, 0.717) is 16.8 Å². The summed E-state index contributed by atoms with van der Waals surface area (Å²) in [5, 5.41) is 2.82. The fourth-order valence-corrected chi connectivity index (χ4v) is 3.58. The number of aromatic nitrogens is 1. The third-order valence-electron chi connectivity index (χ3n) is 5.13. The first-order valence-corrected chi connectivity index (χ1v) is 9.16. The molecule has 0 radical (unpaired) electrons. The van der Waals surface area contributed by atoms with E-state index in [1.54, 1.807) is 6.07 Å². The molecular weight excluding hydrogens is 329 g/mol. The van der Waals surface area contributed by atoms with Crippen molar-refractivity contribution < 1.29 is 9.18 Å². The molecule has 1 amide bonds. The van der Waals surface area contributed by atoms with Gasteiger partial charge in [-0.2, -0.15) is 0 Å². The van der Waals surface area contributed by atoms with E-state index in [1.807, 2.05) is 13.0 Å². The molecule has 1 aliphatic heterocycles. The van der Waals surface area contributed by atoms with Gasteiger partial charge in [0, 0.05) is 35.7 Å². The van der Waals surface area contributed by atoms with E-state index >= 15 is 0 Å². The summed E-state index contributed by atoms with van der Waals surface area (Å²) in [6.07, 6.45) is 1.89. The van der Waals surface area contributed by atoms with Gasteiger partial charge < -0.3 is 14.8 Å². The molecule has 0 aliphatic carbocycles. The normalized spacial score (nSPS) is 15.0. The minimum atomic E-state index is -0.337. The maximum atomic E-state index is 13.7. The first kappa shape index (κ1) is 18.4. The number of nitrogens with zero attached hydrogens (tertiary/aromatic N) is 2. The number of carbonyl (C=O) groups excluding carboxylic acids is 1. The van der Waals surface area contributed by atoms with Crippen LogP contribution >= 0.6 is 0 Å². The molecule has 0 saturated heterocycles. The van der Waals surface area contributed by atoms with Gasteiger partial charge in [-0.25, -0.2) is 4.39 Å². The molecule has 1 aromatic carbocycles. The molecule has 26 heavy (non-hydrogen) atoms. The zero-order chi connectivity index (χ0) is 18.8. The second-order valence-corrected chi connectivity index (χ2v) is 6.73. The number of hydrogen-bond acceptors (Lipinski definition) is 2. The van der Waals surface area contributed by atoms with Crippen LogP contribution in [-0.2, 0) is 11.3 Å². The summed E-state index contributed by atoms with van der Waals surface area (Å²) in [5.41, 5.74) is 5.11. The van der Waals surface area contributed by atoms with Crippen LogP contribution in [0.5, 0.6) is 0 Å². The number of rotatable bonds is 6. The molecule has 1 aliphatic rings. The molecule has 0 bridgehead atoms. The minimum Gasteiger partial charge on any atom is -0.344 e. The first-order chi connectivity index (χ1) is 12.4. The number of carbonyl (C=O) groups is 1. The van der Waals surface area contributed by atoms with Gasteiger partial charge >= 0.3 is 0 Å². The van der Waals surface area contributed by atoms with E-state index in [4.69, 9.17) is 0 Å². The third-order valence-corrected chi connectivity index (χ3v) is 5.13. The zero-order valence-corrected chi connectivity index (χ0v) is 15.9. The number of halogens is 1. The highest BCUT2D eigenvalue weighted by Crippen LogP contribution is 2.34. The van der Waals surface area contributed by atoms with Crippen LogP contribution < -0.4 is 5.32 Å². The van der Waals surface area contributed by atoms with Crippen LogP contribution in [0.2, 0.25) is 0 Å². The second-order valence-electron chi connectivity index (χ2n) is 6.73. The zero-order valence-electron chi connectivity index (χ0n) is 15.9. The summed E-state index contributed by atoms with van der Waals surface area (Å²) in [6.45, 7) is 12.3. The Bertz CT molecular complexity index is 862. The van der Waals surface area contributed by atoms with E-state index in [9.17, 15) is 9.18 Å².